The molecular weight excluding hydrogens is 357 g/mol. The maximum absolute atomic E-state index is 6.28. The molecule has 0 atom stereocenters. The zero-order chi connectivity index (χ0) is 17.0. The Labute approximate surface area is 149 Å². The van der Waals surface area contributed by atoms with E-state index in [1.54, 1.807) is 25.6 Å². The van der Waals surface area contributed by atoms with Crippen molar-refractivity contribution in [2.24, 2.45) is 4.99 Å². The van der Waals surface area contributed by atoms with Crippen LogP contribution in [0.15, 0.2) is 17.1 Å². The number of aliphatic imine (C=N–C) groups is 1. The lowest BCUT2D eigenvalue weighted by molar-refractivity contribution is 0.382. The molecule has 0 saturated carbocycles. The van der Waals surface area contributed by atoms with Gasteiger partial charge in [0.1, 0.15) is 5.02 Å². The van der Waals surface area contributed by atoms with Crippen LogP contribution in [0, 0.1) is 6.92 Å². The number of ether oxygens (including phenoxy) is 2. The molecule has 0 amide bonds. The monoisotopic (exact) mass is 373 g/mol. The zero-order valence-electron chi connectivity index (χ0n) is 13.3. The van der Waals surface area contributed by atoms with Gasteiger partial charge in [0.2, 0.25) is 5.06 Å². The lowest BCUT2D eigenvalue weighted by Crippen LogP contribution is -2.14. The maximum atomic E-state index is 6.28. The van der Waals surface area contributed by atoms with Crippen molar-refractivity contribution in [3.05, 3.63) is 27.9 Å². The van der Waals surface area contributed by atoms with E-state index in [-0.39, 0.29) is 0 Å². The molecule has 0 N–H and O–H groups in total. The Hall–Kier alpha value is -1.50. The molecule has 124 valence electrons. The fourth-order valence-electron chi connectivity index (χ4n) is 1.61. The fraction of sp³-hybridized carbons (Fsp3) is 0.333. The summed E-state index contributed by atoms with van der Waals surface area (Å²) in [5.41, 5.74) is 1.32. The van der Waals surface area contributed by atoms with Gasteiger partial charge in [-0.1, -0.05) is 23.2 Å². The smallest absolute Gasteiger partial charge is 0.219 e. The Balaban J connectivity index is 2.33. The Morgan fingerprint density at radius 3 is 2.65 bits per heavy atom. The standard InChI is InChI=1S/C15H17Cl2N3O2S/c1-5-20(3)8-18-11-7-12(21-4)13(6-10(11)16)22-15-14(17)9(2)19-23-15/h6-8H,5H2,1-4H3. The van der Waals surface area contributed by atoms with Crippen molar-refractivity contribution in [3.63, 3.8) is 0 Å². The number of nitrogens with zero attached hydrogens (tertiary/aromatic N) is 3. The topological polar surface area (TPSA) is 47.0 Å². The minimum Gasteiger partial charge on any atom is -0.493 e. The molecule has 0 aliphatic rings. The number of aromatic nitrogens is 1. The van der Waals surface area contributed by atoms with Gasteiger partial charge < -0.3 is 14.4 Å². The molecule has 0 bridgehead atoms. The van der Waals surface area contributed by atoms with Gasteiger partial charge in [-0.05, 0) is 13.8 Å². The van der Waals surface area contributed by atoms with Crippen LogP contribution in [0.4, 0.5) is 5.69 Å². The number of halogens is 2. The molecule has 0 fully saturated rings. The Morgan fingerprint density at radius 1 is 1.35 bits per heavy atom. The maximum Gasteiger partial charge on any atom is 0.219 e. The summed E-state index contributed by atoms with van der Waals surface area (Å²) in [5, 5.41) is 1.44. The van der Waals surface area contributed by atoms with Crippen LogP contribution in [-0.2, 0) is 0 Å². The van der Waals surface area contributed by atoms with Crippen molar-refractivity contribution < 1.29 is 9.47 Å². The number of benzene rings is 1. The molecule has 0 radical (unpaired) electrons. The second-order valence-corrected chi connectivity index (χ2v) is 6.26. The summed E-state index contributed by atoms with van der Waals surface area (Å²) in [5.74, 6) is 0.980. The third kappa shape index (κ3) is 4.28. The normalized spacial score (nSPS) is 11.0. The summed E-state index contributed by atoms with van der Waals surface area (Å²) in [4.78, 5) is 6.29. The minimum atomic E-state index is 0.457. The van der Waals surface area contributed by atoms with E-state index in [0.29, 0.717) is 32.3 Å². The third-order valence-electron chi connectivity index (χ3n) is 3.09. The molecule has 0 saturated heterocycles. The molecule has 1 aromatic heterocycles. The van der Waals surface area contributed by atoms with Gasteiger partial charge in [-0.25, -0.2) is 4.99 Å². The number of aryl methyl sites for hydroxylation is 1. The Bertz CT molecular complexity index is 719. The van der Waals surface area contributed by atoms with Crippen LogP contribution in [-0.4, -0.2) is 36.3 Å². The molecule has 2 rings (SSSR count). The average Bonchev–Trinajstić information content (AvgIpc) is 2.85. The van der Waals surface area contributed by atoms with E-state index in [1.165, 1.54) is 11.5 Å². The first-order chi connectivity index (χ1) is 11.0. The molecule has 0 spiro atoms. The molecule has 2 aromatic rings. The van der Waals surface area contributed by atoms with Crippen molar-refractivity contribution in [3.8, 4) is 16.6 Å². The SMILES string of the molecule is CCN(C)C=Nc1cc(OC)c(Oc2snc(C)c2Cl)cc1Cl. The van der Waals surface area contributed by atoms with Crippen LogP contribution in [0.3, 0.4) is 0 Å². The van der Waals surface area contributed by atoms with Crippen molar-refractivity contribution in [2.45, 2.75) is 13.8 Å². The number of methoxy groups -OCH3 is 1. The van der Waals surface area contributed by atoms with Gasteiger partial charge in [0.05, 0.1) is 29.9 Å². The van der Waals surface area contributed by atoms with Crippen molar-refractivity contribution in [1.29, 1.82) is 0 Å². The van der Waals surface area contributed by atoms with Crippen LogP contribution in [0.1, 0.15) is 12.6 Å². The van der Waals surface area contributed by atoms with Crippen molar-refractivity contribution in [1.82, 2.24) is 9.27 Å². The third-order valence-corrected chi connectivity index (χ3v) is 4.77. The molecule has 0 aliphatic heterocycles. The predicted octanol–water partition coefficient (Wildman–Crippen LogP) is 5.17. The number of rotatable bonds is 6. The highest BCUT2D eigenvalue weighted by molar-refractivity contribution is 7.08. The van der Waals surface area contributed by atoms with Crippen LogP contribution in [0.2, 0.25) is 10.0 Å². The summed E-state index contributed by atoms with van der Waals surface area (Å²) in [6.07, 6.45) is 1.71. The van der Waals surface area contributed by atoms with Crippen molar-refractivity contribution in [2.75, 3.05) is 20.7 Å². The lowest BCUT2D eigenvalue weighted by atomic mass is 10.3. The highest BCUT2D eigenvalue weighted by Gasteiger charge is 2.15. The van der Waals surface area contributed by atoms with E-state index in [4.69, 9.17) is 32.7 Å². The van der Waals surface area contributed by atoms with Gasteiger partial charge in [-0.3, -0.25) is 0 Å². The largest absolute Gasteiger partial charge is 0.493 e. The van der Waals surface area contributed by atoms with E-state index in [0.717, 1.165) is 12.2 Å². The molecular formula is C15H17Cl2N3O2S. The Morgan fingerprint density at radius 2 is 2.09 bits per heavy atom. The van der Waals surface area contributed by atoms with Gasteiger partial charge >= 0.3 is 0 Å². The van der Waals surface area contributed by atoms with Gasteiger partial charge in [-0.15, -0.1) is 0 Å². The lowest BCUT2D eigenvalue weighted by Gasteiger charge is -2.12. The van der Waals surface area contributed by atoms with Crippen molar-refractivity contribution >= 4 is 46.8 Å². The zero-order valence-corrected chi connectivity index (χ0v) is 15.6. The highest BCUT2D eigenvalue weighted by Crippen LogP contribution is 2.43. The van der Waals surface area contributed by atoms with E-state index < -0.39 is 0 Å². The summed E-state index contributed by atoms with van der Waals surface area (Å²) >= 11 is 13.6. The first kappa shape index (κ1) is 17.8. The van der Waals surface area contributed by atoms with E-state index in [2.05, 4.69) is 9.37 Å². The minimum absolute atomic E-state index is 0.457. The van der Waals surface area contributed by atoms with Gasteiger partial charge in [0.25, 0.3) is 0 Å². The highest BCUT2D eigenvalue weighted by atomic mass is 35.5. The second kappa shape index (κ2) is 7.86. The Kier molecular flexibility index (Phi) is 6.10. The van der Waals surface area contributed by atoms with Crippen LogP contribution < -0.4 is 9.47 Å². The average molecular weight is 374 g/mol. The van der Waals surface area contributed by atoms with E-state index in [1.807, 2.05) is 25.8 Å². The molecule has 5 nitrogen and oxygen atoms in total. The second-order valence-electron chi connectivity index (χ2n) is 4.74. The van der Waals surface area contributed by atoms with Gasteiger partial charge in [-0.2, -0.15) is 4.37 Å². The summed E-state index contributed by atoms with van der Waals surface area (Å²) in [6, 6.07) is 3.38. The first-order valence-corrected chi connectivity index (χ1v) is 8.40. The molecule has 8 heteroatoms. The van der Waals surface area contributed by atoms with E-state index >= 15 is 0 Å². The quantitative estimate of drug-likeness (QED) is 0.517. The summed E-state index contributed by atoms with van der Waals surface area (Å²) in [7, 11) is 3.49. The van der Waals surface area contributed by atoms with Crippen LogP contribution in [0.5, 0.6) is 16.6 Å². The van der Waals surface area contributed by atoms with Crippen LogP contribution in [0.25, 0.3) is 0 Å². The molecule has 1 heterocycles. The fourth-order valence-corrected chi connectivity index (χ4v) is 2.71. The van der Waals surface area contributed by atoms with Gasteiger partial charge in [0, 0.05) is 37.3 Å². The molecule has 0 aliphatic carbocycles. The molecule has 0 unspecified atom stereocenters. The predicted molar refractivity (Wildman–Crippen MR) is 96.4 cm³/mol. The molecule has 23 heavy (non-hydrogen) atoms. The number of hydrogen-bond acceptors (Lipinski definition) is 5. The first-order valence-electron chi connectivity index (χ1n) is 6.87. The number of hydrogen-bond donors (Lipinski definition) is 0. The van der Waals surface area contributed by atoms with Gasteiger partial charge in [0.15, 0.2) is 11.5 Å². The summed E-state index contributed by atoms with van der Waals surface area (Å²) in [6.45, 7) is 4.70. The van der Waals surface area contributed by atoms with E-state index in [9.17, 15) is 0 Å². The van der Waals surface area contributed by atoms with Crippen LogP contribution >= 0.6 is 34.7 Å². The summed E-state index contributed by atoms with van der Waals surface area (Å²) < 4.78 is 15.3. The molecule has 1 aromatic carbocycles.